The standard InChI is InChI=1S/C23H33NO/c1-4-16-24(17-5-2)18-6-7-20-8-10-21(11-9-20)19-22-12-14-23(25-3)15-13-22/h8-15H,4-7,16-19H2,1-3H3. The number of methoxy groups -OCH3 is 1. The average molecular weight is 340 g/mol. The van der Waals surface area contributed by atoms with E-state index in [0.29, 0.717) is 0 Å². The topological polar surface area (TPSA) is 12.5 Å². The molecule has 2 aromatic carbocycles. The Kier molecular flexibility index (Phi) is 8.54. The van der Waals surface area contributed by atoms with Gasteiger partial charge in [-0.25, -0.2) is 0 Å². The van der Waals surface area contributed by atoms with Crippen LogP contribution in [0.5, 0.6) is 5.75 Å². The minimum absolute atomic E-state index is 0.916. The van der Waals surface area contributed by atoms with Crippen LogP contribution in [0.3, 0.4) is 0 Å². The molecule has 136 valence electrons. The van der Waals surface area contributed by atoms with Gasteiger partial charge in [-0.3, -0.25) is 0 Å². The maximum atomic E-state index is 5.22. The highest BCUT2D eigenvalue weighted by atomic mass is 16.5. The van der Waals surface area contributed by atoms with Crippen molar-refractivity contribution in [3.05, 3.63) is 65.2 Å². The van der Waals surface area contributed by atoms with Gasteiger partial charge in [-0.1, -0.05) is 50.2 Å². The lowest BCUT2D eigenvalue weighted by molar-refractivity contribution is 0.271. The van der Waals surface area contributed by atoms with Crippen LogP contribution in [0, 0.1) is 0 Å². The first-order chi connectivity index (χ1) is 12.2. The predicted octanol–water partition coefficient (Wildman–Crippen LogP) is 5.34. The van der Waals surface area contributed by atoms with Crippen LogP contribution < -0.4 is 4.74 Å². The van der Waals surface area contributed by atoms with E-state index in [2.05, 4.69) is 55.1 Å². The zero-order chi connectivity index (χ0) is 17.9. The largest absolute Gasteiger partial charge is 0.497 e. The summed E-state index contributed by atoms with van der Waals surface area (Å²) in [5.41, 5.74) is 4.14. The Morgan fingerprint density at radius 1 is 0.720 bits per heavy atom. The molecule has 0 saturated heterocycles. The fourth-order valence-electron chi connectivity index (χ4n) is 3.28. The summed E-state index contributed by atoms with van der Waals surface area (Å²) >= 11 is 0. The molecule has 0 atom stereocenters. The second-order valence-electron chi connectivity index (χ2n) is 6.79. The fraction of sp³-hybridized carbons (Fsp3) is 0.478. The quantitative estimate of drug-likeness (QED) is 0.548. The maximum Gasteiger partial charge on any atom is 0.118 e. The van der Waals surface area contributed by atoms with Gasteiger partial charge in [-0.15, -0.1) is 0 Å². The van der Waals surface area contributed by atoms with Gasteiger partial charge in [0, 0.05) is 0 Å². The first-order valence-electron chi connectivity index (χ1n) is 9.68. The van der Waals surface area contributed by atoms with Crippen molar-refractivity contribution in [2.24, 2.45) is 0 Å². The highest BCUT2D eigenvalue weighted by molar-refractivity contribution is 5.32. The minimum atomic E-state index is 0.916. The molecule has 2 rings (SSSR count). The molecule has 0 amide bonds. The van der Waals surface area contributed by atoms with Crippen molar-refractivity contribution in [2.45, 2.75) is 46.0 Å². The third kappa shape index (κ3) is 6.91. The van der Waals surface area contributed by atoms with Crippen molar-refractivity contribution in [3.63, 3.8) is 0 Å². The molecule has 0 bridgehead atoms. The first kappa shape index (κ1) is 19.5. The van der Waals surface area contributed by atoms with Gasteiger partial charge in [0.2, 0.25) is 0 Å². The molecule has 0 heterocycles. The minimum Gasteiger partial charge on any atom is -0.497 e. The second-order valence-corrected chi connectivity index (χ2v) is 6.79. The highest BCUT2D eigenvalue weighted by Crippen LogP contribution is 2.16. The summed E-state index contributed by atoms with van der Waals surface area (Å²) in [7, 11) is 1.71. The summed E-state index contributed by atoms with van der Waals surface area (Å²) in [5, 5.41) is 0. The summed E-state index contributed by atoms with van der Waals surface area (Å²) < 4.78 is 5.22. The van der Waals surface area contributed by atoms with E-state index in [1.54, 1.807) is 7.11 Å². The van der Waals surface area contributed by atoms with Crippen LogP contribution in [0.4, 0.5) is 0 Å². The molecular formula is C23H33NO. The van der Waals surface area contributed by atoms with Gasteiger partial charge in [0.05, 0.1) is 7.11 Å². The van der Waals surface area contributed by atoms with Crippen LogP contribution in [0.2, 0.25) is 0 Å². The lowest BCUT2D eigenvalue weighted by atomic mass is 10.0. The lowest BCUT2D eigenvalue weighted by Crippen LogP contribution is -2.26. The number of rotatable bonds is 11. The molecule has 2 aromatic rings. The van der Waals surface area contributed by atoms with Crippen molar-refractivity contribution in [1.29, 1.82) is 0 Å². The third-order valence-corrected chi connectivity index (χ3v) is 4.61. The van der Waals surface area contributed by atoms with Gasteiger partial charge in [-0.05, 0) is 80.6 Å². The first-order valence-corrected chi connectivity index (χ1v) is 9.68. The van der Waals surface area contributed by atoms with Crippen molar-refractivity contribution in [2.75, 3.05) is 26.7 Å². The van der Waals surface area contributed by atoms with Gasteiger partial charge in [0.15, 0.2) is 0 Å². The Balaban J connectivity index is 1.80. The molecule has 0 aliphatic heterocycles. The van der Waals surface area contributed by atoms with Crippen LogP contribution in [0.1, 0.15) is 49.8 Å². The van der Waals surface area contributed by atoms with Crippen LogP contribution in [-0.4, -0.2) is 31.6 Å². The fourth-order valence-corrected chi connectivity index (χ4v) is 3.28. The lowest BCUT2D eigenvalue weighted by Gasteiger charge is -2.20. The third-order valence-electron chi connectivity index (χ3n) is 4.61. The maximum absolute atomic E-state index is 5.22. The molecule has 0 saturated carbocycles. The van der Waals surface area contributed by atoms with Gasteiger partial charge >= 0.3 is 0 Å². The van der Waals surface area contributed by atoms with E-state index >= 15 is 0 Å². The SMILES string of the molecule is CCCN(CCC)CCCc1ccc(Cc2ccc(OC)cc2)cc1. The molecule has 0 N–H and O–H groups in total. The number of hydrogen-bond acceptors (Lipinski definition) is 2. The van der Waals surface area contributed by atoms with Gasteiger partial charge in [0.1, 0.15) is 5.75 Å². The Morgan fingerprint density at radius 2 is 1.24 bits per heavy atom. The van der Waals surface area contributed by atoms with Crippen LogP contribution in [0.25, 0.3) is 0 Å². The van der Waals surface area contributed by atoms with E-state index < -0.39 is 0 Å². The summed E-state index contributed by atoms with van der Waals surface area (Å²) in [6.07, 6.45) is 5.90. The summed E-state index contributed by atoms with van der Waals surface area (Å²) in [4.78, 5) is 2.60. The molecular weight excluding hydrogens is 306 g/mol. The molecule has 0 unspecified atom stereocenters. The number of benzene rings is 2. The van der Waals surface area contributed by atoms with Crippen molar-refractivity contribution < 1.29 is 4.74 Å². The Labute approximate surface area is 153 Å². The molecule has 0 fully saturated rings. The summed E-state index contributed by atoms with van der Waals surface area (Å²) in [6, 6.07) is 17.5. The molecule has 0 spiro atoms. The molecule has 2 heteroatoms. The van der Waals surface area contributed by atoms with Crippen molar-refractivity contribution in [1.82, 2.24) is 4.90 Å². The number of aryl methyl sites for hydroxylation is 1. The van der Waals surface area contributed by atoms with Gasteiger partial charge in [0.25, 0.3) is 0 Å². The molecule has 25 heavy (non-hydrogen) atoms. The van der Waals surface area contributed by atoms with Gasteiger partial charge in [-0.2, -0.15) is 0 Å². The van der Waals surface area contributed by atoms with Crippen molar-refractivity contribution >= 4 is 0 Å². The van der Waals surface area contributed by atoms with E-state index in [9.17, 15) is 0 Å². The van der Waals surface area contributed by atoms with Crippen LogP contribution >= 0.6 is 0 Å². The van der Waals surface area contributed by atoms with Crippen LogP contribution in [-0.2, 0) is 12.8 Å². The molecule has 0 aliphatic rings. The van der Waals surface area contributed by atoms with Gasteiger partial charge < -0.3 is 9.64 Å². The molecule has 2 nitrogen and oxygen atoms in total. The van der Waals surface area contributed by atoms with Crippen LogP contribution in [0.15, 0.2) is 48.5 Å². The zero-order valence-electron chi connectivity index (χ0n) is 16.1. The van der Waals surface area contributed by atoms with Crippen molar-refractivity contribution in [3.8, 4) is 5.75 Å². The monoisotopic (exact) mass is 339 g/mol. The molecule has 0 radical (unpaired) electrons. The Morgan fingerprint density at radius 3 is 1.76 bits per heavy atom. The van der Waals surface area contributed by atoms with E-state index in [0.717, 1.165) is 12.2 Å². The number of nitrogens with zero attached hydrogens (tertiary/aromatic N) is 1. The predicted molar refractivity (Wildman–Crippen MR) is 108 cm³/mol. The summed E-state index contributed by atoms with van der Waals surface area (Å²) in [5.74, 6) is 0.916. The summed E-state index contributed by atoms with van der Waals surface area (Å²) in [6.45, 7) is 8.22. The van der Waals surface area contributed by atoms with E-state index in [4.69, 9.17) is 4.74 Å². The van der Waals surface area contributed by atoms with E-state index in [1.165, 1.54) is 62.0 Å². The average Bonchev–Trinajstić information content (AvgIpc) is 2.64. The second kappa shape index (κ2) is 10.9. The smallest absolute Gasteiger partial charge is 0.118 e. The molecule has 0 aromatic heterocycles. The Hall–Kier alpha value is -1.80. The number of ether oxygens (including phenoxy) is 1. The highest BCUT2D eigenvalue weighted by Gasteiger charge is 2.03. The van der Waals surface area contributed by atoms with E-state index in [-0.39, 0.29) is 0 Å². The normalized spacial score (nSPS) is 11.0. The number of hydrogen-bond donors (Lipinski definition) is 0. The van der Waals surface area contributed by atoms with E-state index in [1.807, 2.05) is 12.1 Å². The Bertz CT molecular complexity index is 582. The molecule has 0 aliphatic carbocycles. The zero-order valence-corrected chi connectivity index (χ0v) is 16.1.